The van der Waals surface area contributed by atoms with E-state index in [1.807, 2.05) is 0 Å². The van der Waals surface area contributed by atoms with Gasteiger partial charge in [0.1, 0.15) is 0 Å². The number of fused-ring (bicyclic) bond motifs is 1. The van der Waals surface area contributed by atoms with Gasteiger partial charge in [0.25, 0.3) is 0 Å². The molecule has 2 N–H and O–H groups in total. The van der Waals surface area contributed by atoms with Gasteiger partial charge in [-0.25, -0.2) is 0 Å². The highest BCUT2D eigenvalue weighted by molar-refractivity contribution is 6.36. The van der Waals surface area contributed by atoms with Crippen LogP contribution >= 0.6 is 23.2 Å². The Morgan fingerprint density at radius 2 is 2.15 bits per heavy atom. The van der Waals surface area contributed by atoms with Crippen molar-refractivity contribution in [1.29, 1.82) is 0 Å². The number of aliphatic hydroxyl groups is 1. The molecule has 0 bridgehead atoms. The van der Waals surface area contributed by atoms with Crippen LogP contribution in [0.5, 0.6) is 0 Å². The molecule has 13 heavy (non-hydrogen) atoms. The van der Waals surface area contributed by atoms with Crippen LogP contribution in [0.2, 0.25) is 10.0 Å². The van der Waals surface area contributed by atoms with Crippen molar-refractivity contribution in [1.82, 2.24) is 0 Å². The largest absolute Gasteiger partial charge is 0.388 e. The first-order chi connectivity index (χ1) is 6.18. The molecule has 0 spiro atoms. The molecular weight excluding hydrogens is 209 g/mol. The number of nitrogens with one attached hydrogen (secondary N) is 1. The summed E-state index contributed by atoms with van der Waals surface area (Å²) in [5, 5.41) is 13.9. The Morgan fingerprint density at radius 1 is 1.38 bits per heavy atom. The van der Waals surface area contributed by atoms with Gasteiger partial charge in [0.15, 0.2) is 0 Å². The van der Waals surface area contributed by atoms with Gasteiger partial charge in [0.2, 0.25) is 0 Å². The van der Waals surface area contributed by atoms with Crippen LogP contribution < -0.4 is 5.32 Å². The summed E-state index contributed by atoms with van der Waals surface area (Å²) in [4.78, 5) is 0. The standard InChI is InChI=1S/C9H9Cl2NO/c10-5-3-6-8(13)1-2-12-9(6)7(11)4-5/h3-4,8,12-13H,1-2H2. The molecular formula is C9H9Cl2NO. The van der Waals surface area contributed by atoms with E-state index in [1.165, 1.54) is 0 Å². The predicted octanol–water partition coefficient (Wildman–Crippen LogP) is 2.84. The fourth-order valence-corrected chi connectivity index (χ4v) is 2.11. The van der Waals surface area contributed by atoms with Crippen molar-refractivity contribution in [3.63, 3.8) is 0 Å². The Morgan fingerprint density at radius 3 is 2.92 bits per heavy atom. The molecule has 2 rings (SSSR count). The first-order valence-electron chi connectivity index (χ1n) is 4.09. The highest BCUT2D eigenvalue weighted by atomic mass is 35.5. The van der Waals surface area contributed by atoms with Gasteiger partial charge in [-0.1, -0.05) is 23.2 Å². The Kier molecular flexibility index (Phi) is 2.37. The third-order valence-corrected chi connectivity index (χ3v) is 2.68. The summed E-state index contributed by atoms with van der Waals surface area (Å²) >= 11 is 11.8. The average molecular weight is 218 g/mol. The van der Waals surface area contributed by atoms with Crippen molar-refractivity contribution in [3.05, 3.63) is 27.7 Å². The number of hydrogen-bond donors (Lipinski definition) is 2. The molecule has 1 unspecified atom stereocenters. The van der Waals surface area contributed by atoms with Crippen molar-refractivity contribution in [3.8, 4) is 0 Å². The summed E-state index contributed by atoms with van der Waals surface area (Å²) in [6.45, 7) is 0.746. The summed E-state index contributed by atoms with van der Waals surface area (Å²) in [6.07, 6.45) is 0.247. The van der Waals surface area contributed by atoms with Gasteiger partial charge in [-0.05, 0) is 18.6 Å². The molecule has 0 fully saturated rings. The molecule has 70 valence electrons. The SMILES string of the molecule is OC1CCNc2c(Cl)cc(Cl)cc21. The lowest BCUT2D eigenvalue weighted by Gasteiger charge is -2.23. The maximum Gasteiger partial charge on any atom is 0.0827 e. The van der Waals surface area contributed by atoms with E-state index in [0.717, 1.165) is 17.8 Å². The normalized spacial score (nSPS) is 20.7. The summed E-state index contributed by atoms with van der Waals surface area (Å²) < 4.78 is 0. The molecule has 0 radical (unpaired) electrons. The Labute approximate surface area is 86.5 Å². The molecule has 1 aliphatic heterocycles. The number of hydrogen-bond acceptors (Lipinski definition) is 2. The van der Waals surface area contributed by atoms with Gasteiger partial charge < -0.3 is 10.4 Å². The summed E-state index contributed by atoms with van der Waals surface area (Å²) in [5.41, 5.74) is 1.61. The van der Waals surface area contributed by atoms with E-state index in [9.17, 15) is 5.11 Å². The lowest BCUT2D eigenvalue weighted by atomic mass is 10.0. The predicted molar refractivity (Wildman–Crippen MR) is 54.5 cm³/mol. The number of rotatable bonds is 0. The molecule has 0 saturated carbocycles. The first kappa shape index (κ1) is 9.13. The maximum atomic E-state index is 9.65. The van der Waals surface area contributed by atoms with Crippen molar-refractivity contribution >= 4 is 28.9 Å². The van der Waals surface area contributed by atoms with Crippen molar-refractivity contribution < 1.29 is 5.11 Å². The van der Waals surface area contributed by atoms with E-state index in [0.29, 0.717) is 16.5 Å². The third kappa shape index (κ3) is 1.62. The van der Waals surface area contributed by atoms with E-state index < -0.39 is 6.10 Å². The highest BCUT2D eigenvalue weighted by Gasteiger charge is 2.20. The molecule has 4 heteroatoms. The molecule has 1 heterocycles. The van der Waals surface area contributed by atoms with Crippen LogP contribution in [-0.4, -0.2) is 11.7 Å². The minimum Gasteiger partial charge on any atom is -0.388 e. The van der Waals surface area contributed by atoms with Gasteiger partial charge in [-0.2, -0.15) is 0 Å². The topological polar surface area (TPSA) is 32.3 Å². The second kappa shape index (κ2) is 3.37. The third-order valence-electron chi connectivity index (χ3n) is 2.16. The quantitative estimate of drug-likeness (QED) is 0.701. The van der Waals surface area contributed by atoms with Crippen LogP contribution in [-0.2, 0) is 0 Å². The van der Waals surface area contributed by atoms with Crippen molar-refractivity contribution in [2.75, 3.05) is 11.9 Å². The van der Waals surface area contributed by atoms with Gasteiger partial charge in [-0.3, -0.25) is 0 Å². The van der Waals surface area contributed by atoms with E-state index in [1.54, 1.807) is 12.1 Å². The molecule has 2 nitrogen and oxygen atoms in total. The molecule has 0 amide bonds. The Bertz CT molecular complexity index is 341. The van der Waals surface area contributed by atoms with Crippen LogP contribution in [0.3, 0.4) is 0 Å². The molecule has 1 atom stereocenters. The molecule has 0 saturated heterocycles. The van der Waals surface area contributed by atoms with Crippen LogP contribution in [0.4, 0.5) is 5.69 Å². The van der Waals surface area contributed by atoms with Crippen molar-refractivity contribution in [2.45, 2.75) is 12.5 Å². The zero-order chi connectivity index (χ0) is 9.42. The van der Waals surface area contributed by atoms with Crippen LogP contribution in [0.15, 0.2) is 12.1 Å². The lowest BCUT2D eigenvalue weighted by Crippen LogP contribution is -2.16. The smallest absolute Gasteiger partial charge is 0.0827 e. The monoisotopic (exact) mass is 217 g/mol. The van der Waals surface area contributed by atoms with E-state index in [-0.39, 0.29) is 0 Å². The lowest BCUT2D eigenvalue weighted by molar-refractivity contribution is 0.168. The maximum absolute atomic E-state index is 9.65. The minimum absolute atomic E-state index is 0.451. The summed E-state index contributed by atoms with van der Waals surface area (Å²) in [5.74, 6) is 0. The Hall–Kier alpha value is -0.440. The molecule has 1 aromatic carbocycles. The summed E-state index contributed by atoms with van der Waals surface area (Å²) in [7, 11) is 0. The number of anilines is 1. The molecule has 1 aliphatic rings. The van der Waals surface area contributed by atoms with Gasteiger partial charge in [-0.15, -0.1) is 0 Å². The second-order valence-corrected chi connectivity index (χ2v) is 3.93. The molecule has 0 aliphatic carbocycles. The second-order valence-electron chi connectivity index (χ2n) is 3.08. The van der Waals surface area contributed by atoms with Crippen LogP contribution in [0.25, 0.3) is 0 Å². The van der Waals surface area contributed by atoms with E-state index in [4.69, 9.17) is 23.2 Å². The van der Waals surface area contributed by atoms with Crippen LogP contribution in [0.1, 0.15) is 18.1 Å². The Balaban J connectivity index is 2.56. The first-order valence-corrected chi connectivity index (χ1v) is 4.85. The van der Waals surface area contributed by atoms with Gasteiger partial charge in [0.05, 0.1) is 16.8 Å². The zero-order valence-corrected chi connectivity index (χ0v) is 8.36. The van der Waals surface area contributed by atoms with Crippen molar-refractivity contribution in [2.24, 2.45) is 0 Å². The van der Waals surface area contributed by atoms with Gasteiger partial charge >= 0.3 is 0 Å². The fourth-order valence-electron chi connectivity index (χ4n) is 1.53. The molecule has 1 aromatic rings. The number of benzene rings is 1. The highest BCUT2D eigenvalue weighted by Crippen LogP contribution is 2.37. The van der Waals surface area contributed by atoms with E-state index in [2.05, 4.69) is 5.32 Å². The number of halogens is 2. The zero-order valence-electron chi connectivity index (χ0n) is 6.85. The molecule has 0 aromatic heterocycles. The van der Waals surface area contributed by atoms with Gasteiger partial charge in [0, 0.05) is 17.1 Å². The summed E-state index contributed by atoms with van der Waals surface area (Å²) in [6, 6.07) is 3.42. The van der Waals surface area contributed by atoms with E-state index >= 15 is 0 Å². The minimum atomic E-state index is -0.451. The number of aliphatic hydroxyl groups excluding tert-OH is 1. The van der Waals surface area contributed by atoms with Crippen LogP contribution in [0, 0.1) is 0 Å². The average Bonchev–Trinajstić information content (AvgIpc) is 2.07. The fraction of sp³-hybridized carbons (Fsp3) is 0.333.